The van der Waals surface area contributed by atoms with Crippen LogP contribution >= 0.6 is 0 Å². The van der Waals surface area contributed by atoms with Crippen LogP contribution in [0.25, 0.3) is 0 Å². The number of nitrogens with zero attached hydrogens (tertiary/aromatic N) is 3. The molecule has 0 radical (unpaired) electrons. The van der Waals surface area contributed by atoms with Gasteiger partial charge in [0, 0.05) is 0 Å². The Bertz CT molecular complexity index is 439. The molecule has 88 valence electrons. The number of rotatable bonds is 3. The zero-order valence-corrected chi connectivity index (χ0v) is 9.22. The third kappa shape index (κ3) is 1.87. The molecule has 0 spiro atoms. The van der Waals surface area contributed by atoms with Crippen molar-refractivity contribution in [2.45, 2.75) is 26.8 Å². The van der Waals surface area contributed by atoms with Gasteiger partial charge >= 0.3 is 5.69 Å². The van der Waals surface area contributed by atoms with E-state index in [9.17, 15) is 14.9 Å². The number of nitrogens with one attached hydrogen (secondary N) is 1. The Labute approximate surface area is 91.5 Å². The molecular formula is C8H13N5O3. The highest BCUT2D eigenvalue weighted by atomic mass is 16.6. The summed E-state index contributed by atoms with van der Waals surface area (Å²) in [6.45, 7) is 4.62. The van der Waals surface area contributed by atoms with Crippen molar-refractivity contribution in [3.05, 3.63) is 21.5 Å². The summed E-state index contributed by atoms with van der Waals surface area (Å²) in [5, 5.41) is 14.7. The van der Waals surface area contributed by atoms with Gasteiger partial charge in [-0.25, -0.2) is 5.84 Å². The SMILES string of the molecule is Cc1nn([C@H](C)C(=O)NN)c(C)c1[N+](=O)[O-]. The summed E-state index contributed by atoms with van der Waals surface area (Å²) in [6.07, 6.45) is 0. The number of nitrogens with two attached hydrogens (primary N) is 1. The average Bonchev–Trinajstić information content (AvgIpc) is 2.51. The summed E-state index contributed by atoms with van der Waals surface area (Å²) in [4.78, 5) is 21.5. The van der Waals surface area contributed by atoms with Gasteiger partial charge in [0.05, 0.1) is 4.92 Å². The summed E-state index contributed by atoms with van der Waals surface area (Å²) in [5.74, 6) is 4.53. The lowest BCUT2D eigenvalue weighted by Crippen LogP contribution is -2.36. The van der Waals surface area contributed by atoms with Crippen molar-refractivity contribution in [1.29, 1.82) is 0 Å². The van der Waals surface area contributed by atoms with E-state index in [2.05, 4.69) is 5.10 Å². The fourth-order valence-electron chi connectivity index (χ4n) is 1.53. The minimum absolute atomic E-state index is 0.0725. The van der Waals surface area contributed by atoms with Crippen LogP contribution in [0.15, 0.2) is 0 Å². The van der Waals surface area contributed by atoms with E-state index in [-0.39, 0.29) is 11.4 Å². The van der Waals surface area contributed by atoms with Crippen LogP contribution in [0.5, 0.6) is 0 Å². The summed E-state index contributed by atoms with van der Waals surface area (Å²) >= 11 is 0. The van der Waals surface area contributed by atoms with Gasteiger partial charge in [0.15, 0.2) is 0 Å². The van der Waals surface area contributed by atoms with E-state index in [1.807, 2.05) is 5.43 Å². The molecule has 1 amide bonds. The molecule has 1 heterocycles. The lowest BCUT2D eigenvalue weighted by molar-refractivity contribution is -0.386. The van der Waals surface area contributed by atoms with Crippen molar-refractivity contribution in [3.8, 4) is 0 Å². The van der Waals surface area contributed by atoms with E-state index in [0.29, 0.717) is 5.69 Å². The first-order valence-corrected chi connectivity index (χ1v) is 4.60. The summed E-state index contributed by atoms with van der Waals surface area (Å²) < 4.78 is 1.29. The number of hydrogen-bond donors (Lipinski definition) is 2. The Balaban J connectivity index is 3.22. The third-order valence-corrected chi connectivity index (χ3v) is 2.36. The number of aryl methyl sites for hydroxylation is 1. The largest absolute Gasteiger partial charge is 0.312 e. The number of nitro groups is 1. The van der Waals surface area contributed by atoms with Crippen LogP contribution in [-0.2, 0) is 4.79 Å². The lowest BCUT2D eigenvalue weighted by Gasteiger charge is -2.11. The van der Waals surface area contributed by atoms with Crippen LogP contribution in [0, 0.1) is 24.0 Å². The van der Waals surface area contributed by atoms with Crippen LogP contribution in [0.4, 0.5) is 5.69 Å². The Kier molecular flexibility index (Phi) is 3.23. The van der Waals surface area contributed by atoms with E-state index in [4.69, 9.17) is 5.84 Å². The molecule has 0 saturated heterocycles. The van der Waals surface area contributed by atoms with E-state index >= 15 is 0 Å². The molecule has 0 aliphatic carbocycles. The van der Waals surface area contributed by atoms with Crippen LogP contribution in [0.3, 0.4) is 0 Å². The first kappa shape index (κ1) is 12.1. The Hall–Kier alpha value is -1.96. The number of hydrogen-bond acceptors (Lipinski definition) is 5. The fraction of sp³-hybridized carbons (Fsp3) is 0.500. The number of aromatic nitrogens is 2. The normalized spacial score (nSPS) is 12.2. The maximum absolute atomic E-state index is 11.3. The molecule has 1 aromatic heterocycles. The number of carbonyl (C=O) groups excluding carboxylic acids is 1. The average molecular weight is 227 g/mol. The van der Waals surface area contributed by atoms with Gasteiger partial charge in [0.2, 0.25) is 0 Å². The Morgan fingerprint density at radius 1 is 1.62 bits per heavy atom. The molecule has 0 saturated carbocycles. The Morgan fingerprint density at radius 3 is 2.56 bits per heavy atom. The van der Waals surface area contributed by atoms with E-state index < -0.39 is 16.9 Å². The van der Waals surface area contributed by atoms with Crippen LogP contribution < -0.4 is 11.3 Å². The molecule has 0 aromatic carbocycles. The zero-order chi connectivity index (χ0) is 12.5. The first-order valence-electron chi connectivity index (χ1n) is 4.60. The molecule has 0 unspecified atom stereocenters. The second-order valence-corrected chi connectivity index (χ2v) is 3.41. The molecule has 3 N–H and O–H groups in total. The first-order chi connectivity index (χ1) is 7.40. The molecule has 8 heteroatoms. The van der Waals surface area contributed by atoms with Crippen LogP contribution in [0.1, 0.15) is 24.4 Å². The van der Waals surface area contributed by atoms with E-state index in [1.165, 1.54) is 11.6 Å². The van der Waals surface area contributed by atoms with E-state index in [1.54, 1.807) is 13.8 Å². The highest BCUT2D eigenvalue weighted by Gasteiger charge is 2.26. The highest BCUT2D eigenvalue weighted by molar-refractivity contribution is 5.79. The van der Waals surface area contributed by atoms with Crippen molar-refractivity contribution in [2.75, 3.05) is 0 Å². The lowest BCUT2D eigenvalue weighted by atomic mass is 10.3. The molecule has 16 heavy (non-hydrogen) atoms. The standard InChI is InChI=1S/C8H13N5O3/c1-4-7(13(15)16)5(2)12(11-4)6(3)8(14)10-9/h6H,9H2,1-3H3,(H,10,14)/t6-/m1/s1. The van der Waals surface area contributed by atoms with Gasteiger partial charge in [-0.1, -0.05) is 0 Å². The number of carbonyl (C=O) groups is 1. The summed E-state index contributed by atoms with van der Waals surface area (Å²) in [6, 6.07) is -0.683. The van der Waals surface area contributed by atoms with Gasteiger partial charge in [-0.05, 0) is 20.8 Å². The summed E-state index contributed by atoms with van der Waals surface area (Å²) in [7, 11) is 0. The molecule has 1 rings (SSSR count). The predicted octanol–water partition coefficient (Wildman–Crippen LogP) is -0.0410. The van der Waals surface area contributed by atoms with Gasteiger partial charge in [0.1, 0.15) is 17.4 Å². The number of hydrazine groups is 1. The molecule has 0 fully saturated rings. The zero-order valence-electron chi connectivity index (χ0n) is 9.22. The number of amides is 1. The van der Waals surface area contributed by atoms with Gasteiger partial charge in [0.25, 0.3) is 5.91 Å². The maximum Gasteiger partial charge on any atom is 0.312 e. The second kappa shape index (κ2) is 4.27. The molecular weight excluding hydrogens is 214 g/mol. The molecule has 8 nitrogen and oxygen atoms in total. The van der Waals surface area contributed by atoms with Crippen molar-refractivity contribution in [3.63, 3.8) is 0 Å². The third-order valence-electron chi connectivity index (χ3n) is 2.36. The van der Waals surface area contributed by atoms with Gasteiger partial charge in [-0.2, -0.15) is 5.10 Å². The van der Waals surface area contributed by atoms with Gasteiger partial charge in [-0.15, -0.1) is 0 Å². The van der Waals surface area contributed by atoms with Crippen LogP contribution in [0.2, 0.25) is 0 Å². The minimum Gasteiger partial charge on any atom is -0.292 e. The molecule has 0 aliphatic rings. The van der Waals surface area contributed by atoms with Gasteiger partial charge < -0.3 is 0 Å². The molecule has 0 bridgehead atoms. The van der Waals surface area contributed by atoms with Crippen LogP contribution in [-0.4, -0.2) is 20.6 Å². The van der Waals surface area contributed by atoms with Crippen molar-refractivity contribution in [1.82, 2.24) is 15.2 Å². The quantitative estimate of drug-likeness (QED) is 0.325. The highest BCUT2D eigenvalue weighted by Crippen LogP contribution is 2.24. The second-order valence-electron chi connectivity index (χ2n) is 3.41. The fourth-order valence-corrected chi connectivity index (χ4v) is 1.53. The smallest absolute Gasteiger partial charge is 0.292 e. The maximum atomic E-state index is 11.3. The van der Waals surface area contributed by atoms with Crippen molar-refractivity contribution in [2.24, 2.45) is 5.84 Å². The van der Waals surface area contributed by atoms with E-state index in [0.717, 1.165) is 0 Å². The van der Waals surface area contributed by atoms with Crippen molar-refractivity contribution < 1.29 is 9.72 Å². The topological polar surface area (TPSA) is 116 Å². The van der Waals surface area contributed by atoms with Gasteiger partial charge in [-0.3, -0.25) is 25.0 Å². The molecule has 1 atom stereocenters. The molecule has 0 aliphatic heterocycles. The van der Waals surface area contributed by atoms with Crippen molar-refractivity contribution >= 4 is 11.6 Å². The molecule has 1 aromatic rings. The summed E-state index contributed by atoms with van der Waals surface area (Å²) in [5.41, 5.74) is 2.52. The predicted molar refractivity (Wildman–Crippen MR) is 55.4 cm³/mol. The minimum atomic E-state index is -0.683. The monoisotopic (exact) mass is 227 g/mol. The Morgan fingerprint density at radius 2 is 2.19 bits per heavy atom.